The van der Waals surface area contributed by atoms with Gasteiger partial charge in [0, 0.05) is 12.1 Å². The van der Waals surface area contributed by atoms with Crippen molar-refractivity contribution in [3.05, 3.63) is 101 Å². The second kappa shape index (κ2) is 10.9. The minimum Gasteiger partial charge on any atom is -0.489 e. The van der Waals surface area contributed by atoms with Gasteiger partial charge in [-0.05, 0) is 54.3 Å². The van der Waals surface area contributed by atoms with E-state index in [1.54, 1.807) is 36.4 Å². The molecule has 31 heavy (non-hydrogen) atoms. The third-order valence-electron chi connectivity index (χ3n) is 4.75. The molecule has 160 valence electrons. The number of carbonyl (C=O) groups is 2. The molecule has 5 nitrogen and oxygen atoms in total. The van der Waals surface area contributed by atoms with E-state index in [2.05, 4.69) is 0 Å². The highest BCUT2D eigenvalue weighted by atomic mass is 19.1. The summed E-state index contributed by atoms with van der Waals surface area (Å²) < 4.78 is 18.7. The van der Waals surface area contributed by atoms with Crippen molar-refractivity contribution in [1.82, 2.24) is 4.90 Å². The van der Waals surface area contributed by atoms with Crippen LogP contribution in [-0.2, 0) is 17.8 Å². The fourth-order valence-electron chi connectivity index (χ4n) is 3.18. The quantitative estimate of drug-likeness (QED) is 0.521. The van der Waals surface area contributed by atoms with Crippen molar-refractivity contribution in [2.75, 3.05) is 13.1 Å². The molecule has 0 aliphatic carbocycles. The molecular weight excluding hydrogens is 397 g/mol. The Morgan fingerprint density at radius 3 is 2.35 bits per heavy atom. The number of carbonyl (C=O) groups excluding carboxylic acids is 1. The zero-order valence-corrected chi connectivity index (χ0v) is 17.0. The number of aliphatic carboxylic acids is 1. The number of benzene rings is 3. The van der Waals surface area contributed by atoms with Gasteiger partial charge in [0.25, 0.3) is 5.91 Å². The van der Waals surface area contributed by atoms with Gasteiger partial charge in [-0.1, -0.05) is 48.5 Å². The minimum atomic E-state index is -1.06. The van der Waals surface area contributed by atoms with Gasteiger partial charge < -0.3 is 14.7 Å². The van der Waals surface area contributed by atoms with Crippen molar-refractivity contribution in [3.63, 3.8) is 0 Å². The number of hydrogen-bond donors (Lipinski definition) is 1. The maximum Gasteiger partial charge on any atom is 0.323 e. The predicted molar refractivity (Wildman–Crippen MR) is 115 cm³/mol. The first-order valence-corrected chi connectivity index (χ1v) is 10.0. The average molecular weight is 421 g/mol. The third kappa shape index (κ3) is 6.96. The molecule has 0 heterocycles. The highest BCUT2D eigenvalue weighted by molar-refractivity contribution is 5.96. The molecule has 0 spiro atoms. The Hall–Kier alpha value is -3.67. The molecule has 1 N–H and O–H groups in total. The largest absolute Gasteiger partial charge is 0.489 e. The van der Waals surface area contributed by atoms with Crippen LogP contribution in [0.5, 0.6) is 5.75 Å². The van der Waals surface area contributed by atoms with E-state index < -0.39 is 5.97 Å². The maximum atomic E-state index is 13.0. The number of aryl methyl sites for hydroxylation is 1. The molecule has 3 rings (SSSR count). The Balaban J connectivity index is 1.63. The molecule has 1 amide bonds. The smallest absolute Gasteiger partial charge is 0.323 e. The van der Waals surface area contributed by atoms with Gasteiger partial charge in [0.05, 0.1) is 0 Å². The summed E-state index contributed by atoms with van der Waals surface area (Å²) in [7, 11) is 0. The second-order valence-electron chi connectivity index (χ2n) is 7.15. The van der Waals surface area contributed by atoms with Crippen LogP contribution in [0, 0.1) is 5.82 Å². The van der Waals surface area contributed by atoms with Crippen molar-refractivity contribution in [1.29, 1.82) is 0 Å². The van der Waals surface area contributed by atoms with Crippen molar-refractivity contribution in [3.8, 4) is 5.75 Å². The first-order valence-electron chi connectivity index (χ1n) is 10.0. The Morgan fingerprint density at radius 2 is 1.65 bits per heavy atom. The van der Waals surface area contributed by atoms with E-state index in [4.69, 9.17) is 4.74 Å². The van der Waals surface area contributed by atoms with Crippen LogP contribution in [0.1, 0.15) is 27.9 Å². The van der Waals surface area contributed by atoms with Crippen LogP contribution in [-0.4, -0.2) is 35.0 Å². The van der Waals surface area contributed by atoms with Crippen molar-refractivity contribution < 1.29 is 23.8 Å². The topological polar surface area (TPSA) is 66.8 Å². The lowest BCUT2D eigenvalue weighted by atomic mass is 10.1. The number of halogens is 1. The maximum absolute atomic E-state index is 13.0. The number of carboxylic acids is 1. The lowest BCUT2D eigenvalue weighted by Gasteiger charge is -2.21. The van der Waals surface area contributed by atoms with Crippen molar-refractivity contribution in [2.24, 2.45) is 0 Å². The zero-order chi connectivity index (χ0) is 22.1. The highest BCUT2D eigenvalue weighted by Crippen LogP contribution is 2.17. The lowest BCUT2D eigenvalue weighted by Crippen LogP contribution is -2.36. The number of nitrogens with zero attached hydrogens (tertiary/aromatic N) is 1. The van der Waals surface area contributed by atoms with Crippen LogP contribution in [0.2, 0.25) is 0 Å². The molecular formula is C25H24FNO4. The van der Waals surface area contributed by atoms with E-state index in [0.717, 1.165) is 17.5 Å². The summed E-state index contributed by atoms with van der Waals surface area (Å²) in [6.07, 6.45) is 1.41. The van der Waals surface area contributed by atoms with E-state index in [9.17, 15) is 19.1 Å². The van der Waals surface area contributed by atoms with Crippen molar-refractivity contribution in [2.45, 2.75) is 19.4 Å². The van der Waals surface area contributed by atoms with Crippen LogP contribution in [0.25, 0.3) is 0 Å². The SMILES string of the molecule is O=C(O)CN(CCCc1ccccc1)C(=O)c1cccc(OCc2ccc(F)cc2)c1. The summed E-state index contributed by atoms with van der Waals surface area (Å²) >= 11 is 0. The molecule has 0 bridgehead atoms. The Labute approximate surface area is 180 Å². The first kappa shape index (κ1) is 22.0. The van der Waals surface area contributed by atoms with Gasteiger partial charge in [0.15, 0.2) is 0 Å². The van der Waals surface area contributed by atoms with Gasteiger partial charge in [-0.15, -0.1) is 0 Å². The second-order valence-corrected chi connectivity index (χ2v) is 7.15. The van der Waals surface area contributed by atoms with Crippen LogP contribution in [0.3, 0.4) is 0 Å². The Morgan fingerprint density at radius 1 is 0.903 bits per heavy atom. The monoisotopic (exact) mass is 421 g/mol. The first-order chi connectivity index (χ1) is 15.0. The van der Waals surface area contributed by atoms with Gasteiger partial charge in [-0.3, -0.25) is 9.59 Å². The molecule has 3 aromatic rings. The summed E-state index contributed by atoms with van der Waals surface area (Å²) in [4.78, 5) is 25.6. The summed E-state index contributed by atoms with van der Waals surface area (Å²) in [6.45, 7) is 0.197. The van der Waals surface area contributed by atoms with E-state index in [0.29, 0.717) is 24.3 Å². The Bertz CT molecular complexity index is 1010. The fraction of sp³-hybridized carbons (Fsp3) is 0.200. The number of rotatable bonds is 10. The fourth-order valence-corrected chi connectivity index (χ4v) is 3.18. The average Bonchev–Trinajstić information content (AvgIpc) is 2.78. The summed E-state index contributed by atoms with van der Waals surface area (Å²) in [5.41, 5.74) is 2.30. The van der Waals surface area contributed by atoms with Crippen LogP contribution >= 0.6 is 0 Å². The van der Waals surface area contributed by atoms with E-state index >= 15 is 0 Å². The number of amides is 1. The molecule has 0 fully saturated rings. The standard InChI is InChI=1S/C25H24FNO4/c26-22-13-11-20(12-14-22)18-31-23-10-4-9-21(16-23)25(30)27(17-24(28)29)15-5-8-19-6-2-1-3-7-19/h1-4,6-7,9-14,16H,5,8,15,17-18H2,(H,28,29). The number of hydrogen-bond acceptors (Lipinski definition) is 3. The van der Waals surface area contributed by atoms with Crippen LogP contribution in [0.15, 0.2) is 78.9 Å². The molecule has 3 aromatic carbocycles. The van der Waals surface area contributed by atoms with Gasteiger partial charge in [0.2, 0.25) is 0 Å². The molecule has 0 saturated heterocycles. The van der Waals surface area contributed by atoms with Gasteiger partial charge in [0.1, 0.15) is 24.7 Å². The molecule has 0 aromatic heterocycles. The summed E-state index contributed by atoms with van der Waals surface area (Å²) in [6, 6.07) is 22.5. The molecule has 0 saturated carbocycles. The van der Waals surface area contributed by atoms with E-state index in [1.165, 1.54) is 17.0 Å². The van der Waals surface area contributed by atoms with Gasteiger partial charge >= 0.3 is 5.97 Å². The number of carboxylic acid groups (broad SMARTS) is 1. The minimum absolute atomic E-state index is 0.230. The zero-order valence-electron chi connectivity index (χ0n) is 17.0. The molecule has 6 heteroatoms. The summed E-state index contributed by atoms with van der Waals surface area (Å²) in [5.74, 6) is -1.25. The van der Waals surface area contributed by atoms with Gasteiger partial charge in [-0.25, -0.2) is 4.39 Å². The lowest BCUT2D eigenvalue weighted by molar-refractivity contribution is -0.137. The highest BCUT2D eigenvalue weighted by Gasteiger charge is 2.19. The molecule has 0 unspecified atom stereocenters. The van der Waals surface area contributed by atoms with Gasteiger partial charge in [-0.2, -0.15) is 0 Å². The third-order valence-corrected chi connectivity index (χ3v) is 4.75. The number of ether oxygens (including phenoxy) is 1. The van der Waals surface area contributed by atoms with E-state index in [1.807, 2.05) is 30.3 Å². The van der Waals surface area contributed by atoms with Crippen LogP contribution < -0.4 is 4.74 Å². The molecule has 0 atom stereocenters. The normalized spacial score (nSPS) is 10.5. The van der Waals surface area contributed by atoms with Crippen molar-refractivity contribution >= 4 is 11.9 Å². The Kier molecular flexibility index (Phi) is 7.76. The molecule has 0 aliphatic rings. The predicted octanol–water partition coefficient (Wildman–Crippen LogP) is 4.56. The van der Waals surface area contributed by atoms with Crippen LogP contribution in [0.4, 0.5) is 4.39 Å². The summed E-state index contributed by atoms with van der Waals surface area (Å²) in [5, 5.41) is 9.24. The molecule has 0 radical (unpaired) electrons. The molecule has 0 aliphatic heterocycles. The van der Waals surface area contributed by atoms with E-state index in [-0.39, 0.29) is 24.9 Å².